The van der Waals surface area contributed by atoms with E-state index in [9.17, 15) is 14.4 Å². The van der Waals surface area contributed by atoms with E-state index in [-0.39, 0.29) is 30.0 Å². The molecule has 3 aromatic rings. The molecule has 0 aromatic heterocycles. The van der Waals surface area contributed by atoms with Crippen LogP contribution in [0.25, 0.3) is 0 Å². The standard InChI is InChI=1S/C29H28ClN3O4S/c1-18-8-13-23(16-19(18)2)31-25-26(29(36)33(28(25)35)14-5-15-37-3)38-24-7-4-6-22(17-24)32-27(34)20-9-11-21(30)12-10-20/h4,6-13,16-17,31H,5,14-15H2,1-3H3,(H,32,34). The summed E-state index contributed by atoms with van der Waals surface area (Å²) in [6, 6.07) is 19.5. The molecule has 9 heteroatoms. The normalized spacial score (nSPS) is 13.3. The fourth-order valence-corrected chi connectivity index (χ4v) is 4.98. The number of nitrogens with zero attached hydrogens (tertiary/aromatic N) is 1. The summed E-state index contributed by atoms with van der Waals surface area (Å²) in [5.41, 5.74) is 4.20. The Morgan fingerprint density at radius 3 is 2.42 bits per heavy atom. The molecular weight excluding hydrogens is 522 g/mol. The molecule has 0 radical (unpaired) electrons. The summed E-state index contributed by atoms with van der Waals surface area (Å²) in [6.07, 6.45) is 0.537. The first-order valence-corrected chi connectivity index (χ1v) is 13.2. The van der Waals surface area contributed by atoms with Crippen LogP contribution in [0.3, 0.4) is 0 Å². The van der Waals surface area contributed by atoms with E-state index in [2.05, 4.69) is 10.6 Å². The van der Waals surface area contributed by atoms with E-state index in [1.807, 2.05) is 38.1 Å². The van der Waals surface area contributed by atoms with Crippen molar-refractivity contribution in [3.05, 3.63) is 99.0 Å². The molecule has 0 aliphatic carbocycles. The number of amides is 3. The number of benzene rings is 3. The fraction of sp³-hybridized carbons (Fsp3) is 0.207. The van der Waals surface area contributed by atoms with Crippen molar-refractivity contribution in [3.63, 3.8) is 0 Å². The number of imide groups is 1. The number of halogens is 1. The van der Waals surface area contributed by atoms with Crippen LogP contribution in [0.4, 0.5) is 11.4 Å². The van der Waals surface area contributed by atoms with Gasteiger partial charge in [-0.1, -0.05) is 35.5 Å². The second-order valence-electron chi connectivity index (χ2n) is 8.83. The number of thioether (sulfide) groups is 1. The Labute approximate surface area is 231 Å². The van der Waals surface area contributed by atoms with Crippen LogP contribution in [0.1, 0.15) is 27.9 Å². The topological polar surface area (TPSA) is 87.7 Å². The lowest BCUT2D eigenvalue weighted by Gasteiger charge is -2.15. The minimum absolute atomic E-state index is 0.233. The lowest BCUT2D eigenvalue weighted by atomic mass is 10.1. The molecule has 0 saturated heterocycles. The average Bonchev–Trinajstić information content (AvgIpc) is 3.11. The molecule has 0 fully saturated rings. The van der Waals surface area contributed by atoms with Gasteiger partial charge in [-0.2, -0.15) is 0 Å². The van der Waals surface area contributed by atoms with Gasteiger partial charge in [0.2, 0.25) is 0 Å². The number of hydrogen-bond donors (Lipinski definition) is 2. The van der Waals surface area contributed by atoms with Gasteiger partial charge >= 0.3 is 0 Å². The molecule has 0 atom stereocenters. The summed E-state index contributed by atoms with van der Waals surface area (Å²) < 4.78 is 5.10. The first-order valence-electron chi connectivity index (χ1n) is 12.1. The lowest BCUT2D eigenvalue weighted by Crippen LogP contribution is -2.33. The van der Waals surface area contributed by atoms with Crippen molar-refractivity contribution >= 4 is 52.5 Å². The van der Waals surface area contributed by atoms with Crippen molar-refractivity contribution in [1.29, 1.82) is 0 Å². The summed E-state index contributed by atoms with van der Waals surface area (Å²) in [7, 11) is 1.58. The van der Waals surface area contributed by atoms with Crippen molar-refractivity contribution in [2.75, 3.05) is 30.9 Å². The van der Waals surface area contributed by atoms with E-state index in [1.54, 1.807) is 49.6 Å². The van der Waals surface area contributed by atoms with Crippen LogP contribution in [0.5, 0.6) is 0 Å². The molecule has 3 amide bonds. The Morgan fingerprint density at radius 2 is 1.71 bits per heavy atom. The molecule has 1 heterocycles. The number of nitrogens with one attached hydrogen (secondary N) is 2. The number of rotatable bonds is 10. The van der Waals surface area contributed by atoms with Crippen molar-refractivity contribution in [2.24, 2.45) is 0 Å². The number of hydrogen-bond acceptors (Lipinski definition) is 6. The molecule has 38 heavy (non-hydrogen) atoms. The zero-order chi connectivity index (χ0) is 27.2. The van der Waals surface area contributed by atoms with E-state index in [4.69, 9.17) is 16.3 Å². The molecule has 0 unspecified atom stereocenters. The molecule has 0 spiro atoms. The van der Waals surface area contributed by atoms with Crippen molar-refractivity contribution < 1.29 is 19.1 Å². The maximum Gasteiger partial charge on any atom is 0.278 e. The highest BCUT2D eigenvalue weighted by Crippen LogP contribution is 2.37. The molecule has 0 saturated carbocycles. The molecule has 0 bridgehead atoms. The monoisotopic (exact) mass is 549 g/mol. The van der Waals surface area contributed by atoms with Crippen LogP contribution < -0.4 is 10.6 Å². The number of aryl methyl sites for hydroxylation is 2. The van der Waals surface area contributed by atoms with E-state index >= 15 is 0 Å². The Kier molecular flexibility index (Phi) is 8.89. The van der Waals surface area contributed by atoms with Crippen LogP contribution >= 0.6 is 23.4 Å². The van der Waals surface area contributed by atoms with Crippen LogP contribution in [-0.4, -0.2) is 42.9 Å². The Balaban J connectivity index is 1.59. The summed E-state index contributed by atoms with van der Waals surface area (Å²) in [5, 5.41) is 6.60. The fourth-order valence-electron chi connectivity index (χ4n) is 3.85. The number of carbonyl (C=O) groups excluding carboxylic acids is 3. The van der Waals surface area contributed by atoms with Crippen molar-refractivity contribution in [2.45, 2.75) is 25.2 Å². The minimum Gasteiger partial charge on any atom is -0.385 e. The number of ether oxygens (including phenoxy) is 1. The molecule has 7 nitrogen and oxygen atoms in total. The summed E-state index contributed by atoms with van der Waals surface area (Å²) >= 11 is 7.10. The second-order valence-corrected chi connectivity index (χ2v) is 10.3. The molecule has 1 aliphatic heterocycles. The maximum atomic E-state index is 13.4. The van der Waals surface area contributed by atoms with Gasteiger partial charge in [-0.05, 0) is 86.0 Å². The van der Waals surface area contributed by atoms with Gasteiger partial charge in [0, 0.05) is 47.1 Å². The highest BCUT2D eigenvalue weighted by molar-refractivity contribution is 8.04. The van der Waals surface area contributed by atoms with Crippen LogP contribution in [-0.2, 0) is 14.3 Å². The third-order valence-electron chi connectivity index (χ3n) is 6.05. The molecular formula is C29H28ClN3O4S. The highest BCUT2D eigenvalue weighted by Gasteiger charge is 2.38. The molecule has 196 valence electrons. The largest absolute Gasteiger partial charge is 0.385 e. The first-order chi connectivity index (χ1) is 18.3. The summed E-state index contributed by atoms with van der Waals surface area (Å²) in [6.45, 7) is 4.70. The van der Waals surface area contributed by atoms with Crippen LogP contribution in [0.15, 0.2) is 82.2 Å². The molecule has 1 aliphatic rings. The Bertz CT molecular complexity index is 1410. The van der Waals surface area contributed by atoms with Gasteiger partial charge < -0.3 is 15.4 Å². The quantitative estimate of drug-likeness (QED) is 0.237. The van der Waals surface area contributed by atoms with E-state index in [0.717, 1.165) is 16.8 Å². The second kappa shape index (κ2) is 12.3. The zero-order valence-corrected chi connectivity index (χ0v) is 22.9. The van der Waals surface area contributed by atoms with Crippen LogP contribution in [0, 0.1) is 13.8 Å². The summed E-state index contributed by atoms with van der Waals surface area (Å²) in [5.74, 6) is -1.02. The maximum absolute atomic E-state index is 13.4. The molecule has 3 aromatic carbocycles. The Hall–Kier alpha value is -3.59. The minimum atomic E-state index is -0.376. The number of anilines is 2. The lowest BCUT2D eigenvalue weighted by molar-refractivity contribution is -0.137. The summed E-state index contributed by atoms with van der Waals surface area (Å²) in [4.78, 5) is 41.6. The van der Waals surface area contributed by atoms with Gasteiger partial charge in [0.15, 0.2) is 0 Å². The van der Waals surface area contributed by atoms with Gasteiger partial charge in [0.1, 0.15) is 10.6 Å². The average molecular weight is 550 g/mol. The van der Waals surface area contributed by atoms with Crippen LogP contribution in [0.2, 0.25) is 5.02 Å². The number of methoxy groups -OCH3 is 1. The predicted octanol–water partition coefficient (Wildman–Crippen LogP) is 6.03. The zero-order valence-electron chi connectivity index (χ0n) is 21.3. The van der Waals surface area contributed by atoms with Gasteiger partial charge in [-0.25, -0.2) is 0 Å². The van der Waals surface area contributed by atoms with Crippen molar-refractivity contribution in [1.82, 2.24) is 4.90 Å². The SMILES string of the molecule is COCCCN1C(=O)C(Nc2ccc(C)c(C)c2)=C(Sc2cccc(NC(=O)c3ccc(Cl)cc3)c2)C1=O. The van der Waals surface area contributed by atoms with Gasteiger partial charge in [-0.3, -0.25) is 19.3 Å². The Morgan fingerprint density at radius 1 is 0.947 bits per heavy atom. The molecule has 2 N–H and O–H groups in total. The molecule has 4 rings (SSSR count). The van der Waals surface area contributed by atoms with Gasteiger partial charge in [0.25, 0.3) is 17.7 Å². The van der Waals surface area contributed by atoms with Crippen molar-refractivity contribution in [3.8, 4) is 0 Å². The third-order valence-corrected chi connectivity index (χ3v) is 7.37. The highest BCUT2D eigenvalue weighted by atomic mass is 35.5. The van der Waals surface area contributed by atoms with E-state index < -0.39 is 0 Å². The smallest absolute Gasteiger partial charge is 0.278 e. The van der Waals surface area contributed by atoms with E-state index in [0.29, 0.717) is 39.1 Å². The first kappa shape index (κ1) is 27.4. The number of carbonyl (C=O) groups is 3. The third kappa shape index (κ3) is 6.45. The van der Waals surface area contributed by atoms with Gasteiger partial charge in [-0.15, -0.1) is 0 Å². The predicted molar refractivity (Wildman–Crippen MR) is 151 cm³/mol. The van der Waals surface area contributed by atoms with Gasteiger partial charge in [0.05, 0.1) is 0 Å². The van der Waals surface area contributed by atoms with E-state index in [1.165, 1.54) is 16.7 Å².